The largest absolute Gasteiger partial charge is 0.269 e. The summed E-state index contributed by atoms with van der Waals surface area (Å²) in [6.07, 6.45) is 0. The van der Waals surface area contributed by atoms with Gasteiger partial charge in [-0.1, -0.05) is 66.7 Å². The minimum absolute atomic E-state index is 0.133. The van der Waals surface area contributed by atoms with E-state index in [2.05, 4.69) is 0 Å². The standard InChI is InChI=1S/C29H22FNO2/c1-17-18(2)25-26(27(30)19(17)3)29(33)31(28(25)32)24-15-14-22(20-10-6-4-7-11-20)16-23(24)21-12-8-5-9-13-21/h4-16H,1-3H3. The zero-order chi connectivity index (χ0) is 23.3. The molecule has 0 aliphatic carbocycles. The second kappa shape index (κ2) is 7.82. The third-order valence-corrected chi connectivity index (χ3v) is 6.56. The van der Waals surface area contributed by atoms with Crippen LogP contribution in [0, 0.1) is 26.6 Å². The Hall–Kier alpha value is -4.05. The van der Waals surface area contributed by atoms with Crippen LogP contribution in [0.25, 0.3) is 22.3 Å². The summed E-state index contributed by atoms with van der Waals surface area (Å²) in [6, 6.07) is 25.1. The molecular weight excluding hydrogens is 413 g/mol. The fourth-order valence-corrected chi connectivity index (χ4v) is 4.51. The van der Waals surface area contributed by atoms with Crippen LogP contribution in [0.2, 0.25) is 0 Å². The minimum Gasteiger partial charge on any atom is -0.268 e. The molecule has 0 atom stereocenters. The van der Waals surface area contributed by atoms with Gasteiger partial charge in [0.05, 0.1) is 16.8 Å². The van der Waals surface area contributed by atoms with Gasteiger partial charge in [0.2, 0.25) is 0 Å². The van der Waals surface area contributed by atoms with E-state index in [1.165, 1.54) is 0 Å². The number of carbonyl (C=O) groups is 2. The van der Waals surface area contributed by atoms with Crippen molar-refractivity contribution in [2.75, 3.05) is 4.90 Å². The van der Waals surface area contributed by atoms with E-state index in [0.29, 0.717) is 22.4 Å². The van der Waals surface area contributed by atoms with Crippen LogP contribution >= 0.6 is 0 Å². The third-order valence-electron chi connectivity index (χ3n) is 6.56. The maximum atomic E-state index is 15.2. The van der Waals surface area contributed by atoms with E-state index in [0.717, 1.165) is 27.2 Å². The maximum Gasteiger partial charge on any atom is 0.269 e. The summed E-state index contributed by atoms with van der Waals surface area (Å²) in [4.78, 5) is 28.1. The summed E-state index contributed by atoms with van der Waals surface area (Å²) >= 11 is 0. The fourth-order valence-electron chi connectivity index (χ4n) is 4.51. The number of nitrogens with zero attached hydrogens (tertiary/aromatic N) is 1. The molecule has 0 spiro atoms. The number of rotatable bonds is 3. The van der Waals surface area contributed by atoms with E-state index in [4.69, 9.17) is 0 Å². The third kappa shape index (κ3) is 3.18. The normalized spacial score (nSPS) is 12.9. The lowest BCUT2D eigenvalue weighted by molar-refractivity contribution is 0.0925. The lowest BCUT2D eigenvalue weighted by atomic mass is 9.94. The summed E-state index contributed by atoms with van der Waals surface area (Å²) in [7, 11) is 0. The first-order chi connectivity index (χ1) is 15.9. The van der Waals surface area contributed by atoms with E-state index in [9.17, 15) is 9.59 Å². The molecule has 5 rings (SSSR count). The van der Waals surface area contributed by atoms with Crippen molar-refractivity contribution in [2.45, 2.75) is 20.8 Å². The lowest BCUT2D eigenvalue weighted by Crippen LogP contribution is -2.30. The van der Waals surface area contributed by atoms with Gasteiger partial charge in [-0.05, 0) is 66.3 Å². The van der Waals surface area contributed by atoms with E-state index in [1.54, 1.807) is 26.8 Å². The Kier molecular flexibility index (Phi) is 4.94. The Morgan fingerprint density at radius 3 is 1.82 bits per heavy atom. The highest BCUT2D eigenvalue weighted by molar-refractivity contribution is 6.36. The monoisotopic (exact) mass is 435 g/mol. The second-order valence-electron chi connectivity index (χ2n) is 8.35. The molecule has 0 N–H and O–H groups in total. The van der Waals surface area contributed by atoms with E-state index in [-0.39, 0.29) is 11.1 Å². The smallest absolute Gasteiger partial charge is 0.268 e. The molecule has 0 fully saturated rings. The van der Waals surface area contributed by atoms with Gasteiger partial charge < -0.3 is 0 Å². The Labute approximate surface area is 192 Å². The van der Waals surface area contributed by atoms with Crippen LogP contribution in [0.4, 0.5) is 10.1 Å². The Bertz CT molecular complexity index is 1380. The number of anilines is 1. The van der Waals surface area contributed by atoms with Gasteiger partial charge in [-0.25, -0.2) is 9.29 Å². The van der Waals surface area contributed by atoms with Crippen molar-refractivity contribution in [2.24, 2.45) is 0 Å². The van der Waals surface area contributed by atoms with Crippen molar-refractivity contribution < 1.29 is 14.0 Å². The zero-order valence-corrected chi connectivity index (χ0v) is 18.6. The number of carbonyl (C=O) groups excluding carboxylic acids is 2. The molecule has 1 aliphatic heterocycles. The number of hydrogen-bond donors (Lipinski definition) is 0. The topological polar surface area (TPSA) is 37.4 Å². The van der Waals surface area contributed by atoms with Gasteiger partial charge in [0.15, 0.2) is 0 Å². The number of amides is 2. The first-order valence-electron chi connectivity index (χ1n) is 10.8. The molecule has 33 heavy (non-hydrogen) atoms. The van der Waals surface area contributed by atoms with Crippen molar-refractivity contribution >= 4 is 17.5 Å². The van der Waals surface area contributed by atoms with Crippen LogP contribution in [0.5, 0.6) is 0 Å². The summed E-state index contributed by atoms with van der Waals surface area (Å²) in [6.45, 7) is 5.19. The van der Waals surface area contributed by atoms with Crippen LogP contribution in [-0.4, -0.2) is 11.8 Å². The zero-order valence-electron chi connectivity index (χ0n) is 18.6. The van der Waals surface area contributed by atoms with Crippen LogP contribution in [0.1, 0.15) is 37.4 Å². The molecule has 4 aromatic carbocycles. The average molecular weight is 435 g/mol. The molecular formula is C29H22FNO2. The number of imide groups is 1. The number of fused-ring (bicyclic) bond motifs is 1. The minimum atomic E-state index is -0.622. The van der Waals surface area contributed by atoms with Gasteiger partial charge in [-0.2, -0.15) is 0 Å². The Balaban J connectivity index is 1.73. The van der Waals surface area contributed by atoms with Crippen molar-refractivity contribution in [1.29, 1.82) is 0 Å². The molecule has 4 aromatic rings. The van der Waals surface area contributed by atoms with E-state index < -0.39 is 17.6 Å². The van der Waals surface area contributed by atoms with Gasteiger partial charge in [0.1, 0.15) is 5.82 Å². The van der Waals surface area contributed by atoms with Gasteiger partial charge in [0, 0.05) is 5.56 Å². The molecule has 0 unspecified atom stereocenters. The summed E-state index contributed by atoms with van der Waals surface area (Å²) < 4.78 is 15.2. The van der Waals surface area contributed by atoms with E-state index >= 15 is 4.39 Å². The average Bonchev–Trinajstić information content (AvgIpc) is 3.12. The molecule has 0 bridgehead atoms. The summed E-state index contributed by atoms with van der Waals surface area (Å²) in [5.74, 6) is -1.72. The predicted octanol–water partition coefficient (Wildman–Crippen LogP) is 6.89. The number of halogens is 1. The second-order valence-corrected chi connectivity index (χ2v) is 8.35. The quantitative estimate of drug-likeness (QED) is 0.329. The molecule has 0 saturated heterocycles. The highest BCUT2D eigenvalue weighted by Gasteiger charge is 2.42. The molecule has 3 nitrogen and oxygen atoms in total. The summed E-state index contributed by atoms with van der Waals surface area (Å²) in [5.41, 5.74) is 5.80. The highest BCUT2D eigenvalue weighted by atomic mass is 19.1. The number of benzene rings is 4. The van der Waals surface area contributed by atoms with Crippen molar-refractivity contribution in [3.05, 3.63) is 112 Å². The molecule has 162 valence electrons. The van der Waals surface area contributed by atoms with Crippen molar-refractivity contribution in [3.63, 3.8) is 0 Å². The fraction of sp³-hybridized carbons (Fsp3) is 0.103. The molecule has 1 aliphatic rings. The lowest BCUT2D eigenvalue weighted by Gasteiger charge is -2.20. The highest BCUT2D eigenvalue weighted by Crippen LogP contribution is 2.41. The van der Waals surface area contributed by atoms with Crippen LogP contribution in [0.3, 0.4) is 0 Å². The Morgan fingerprint density at radius 2 is 1.18 bits per heavy atom. The van der Waals surface area contributed by atoms with Gasteiger partial charge in [-0.15, -0.1) is 0 Å². The first kappa shape index (κ1) is 20.8. The van der Waals surface area contributed by atoms with Crippen molar-refractivity contribution in [3.8, 4) is 22.3 Å². The SMILES string of the molecule is Cc1c(C)c(F)c2c(c1C)C(=O)N(c1ccc(-c3ccccc3)cc1-c1ccccc1)C2=O. The van der Waals surface area contributed by atoms with Crippen molar-refractivity contribution in [1.82, 2.24) is 0 Å². The van der Waals surface area contributed by atoms with Crippen LogP contribution in [-0.2, 0) is 0 Å². The van der Waals surface area contributed by atoms with Crippen LogP contribution in [0.15, 0.2) is 78.9 Å². The Morgan fingerprint density at radius 1 is 0.606 bits per heavy atom. The van der Waals surface area contributed by atoms with Gasteiger partial charge in [0.25, 0.3) is 11.8 Å². The number of hydrogen-bond acceptors (Lipinski definition) is 2. The van der Waals surface area contributed by atoms with E-state index in [1.807, 2.05) is 72.8 Å². The predicted molar refractivity (Wildman–Crippen MR) is 129 cm³/mol. The molecule has 4 heteroatoms. The molecule has 0 radical (unpaired) electrons. The molecule has 1 heterocycles. The summed E-state index contributed by atoms with van der Waals surface area (Å²) in [5, 5.41) is 0. The van der Waals surface area contributed by atoms with Gasteiger partial charge in [-0.3, -0.25) is 9.59 Å². The molecule has 0 saturated carbocycles. The van der Waals surface area contributed by atoms with Gasteiger partial charge >= 0.3 is 0 Å². The molecule has 0 aromatic heterocycles. The first-order valence-corrected chi connectivity index (χ1v) is 10.8. The maximum absolute atomic E-state index is 15.2. The molecule has 2 amide bonds. The van der Waals surface area contributed by atoms with Crippen LogP contribution < -0.4 is 4.90 Å².